The second-order valence-corrected chi connectivity index (χ2v) is 8.94. The number of methoxy groups -OCH3 is 1. The predicted molar refractivity (Wildman–Crippen MR) is 106 cm³/mol. The molecule has 2 aliphatic heterocycles. The Morgan fingerprint density at radius 1 is 1.14 bits per heavy atom. The van der Waals surface area contributed by atoms with Gasteiger partial charge in [0.05, 0.1) is 30.0 Å². The first kappa shape index (κ1) is 21.4. The van der Waals surface area contributed by atoms with E-state index < -0.39 is 17.9 Å². The van der Waals surface area contributed by atoms with Crippen molar-refractivity contribution in [3.63, 3.8) is 0 Å². The van der Waals surface area contributed by atoms with Crippen molar-refractivity contribution in [3.8, 4) is 0 Å². The molecule has 0 radical (unpaired) electrons. The minimum absolute atomic E-state index is 0.0847. The van der Waals surface area contributed by atoms with Gasteiger partial charge in [0, 0.05) is 19.1 Å². The van der Waals surface area contributed by atoms with Gasteiger partial charge in [0.1, 0.15) is 0 Å². The fourth-order valence-corrected chi connectivity index (χ4v) is 5.94. The fraction of sp³-hybridized carbons (Fsp3) is 0.842. The molecule has 0 bridgehead atoms. The molecule has 0 aromatic carbocycles. The molecule has 9 heteroatoms. The molecular formula is C19H31N3O5S. The van der Waals surface area contributed by atoms with E-state index in [4.69, 9.17) is 9.47 Å². The number of ether oxygens (including phenoxy) is 2. The van der Waals surface area contributed by atoms with Crippen molar-refractivity contribution in [3.05, 3.63) is 0 Å². The summed E-state index contributed by atoms with van der Waals surface area (Å²) >= 11 is 1.54. The number of carbonyl (C=O) groups is 3. The van der Waals surface area contributed by atoms with Crippen LogP contribution in [0.1, 0.15) is 45.4 Å². The number of nitrogens with one attached hydrogen (secondary N) is 3. The van der Waals surface area contributed by atoms with Crippen LogP contribution in [0.5, 0.6) is 0 Å². The third-order valence-corrected chi connectivity index (χ3v) is 7.29. The number of piperidine rings is 1. The van der Waals surface area contributed by atoms with E-state index in [9.17, 15) is 14.4 Å². The maximum absolute atomic E-state index is 12.9. The number of hydrogen-bond donors (Lipinski definition) is 3. The van der Waals surface area contributed by atoms with Crippen LogP contribution in [0.3, 0.4) is 0 Å². The summed E-state index contributed by atoms with van der Waals surface area (Å²) in [5, 5.41) is 8.45. The summed E-state index contributed by atoms with van der Waals surface area (Å²) in [6, 6.07) is -0.0124. The molecule has 0 aromatic rings. The lowest BCUT2D eigenvalue weighted by atomic mass is 9.75. The van der Waals surface area contributed by atoms with Crippen LogP contribution in [0.4, 0.5) is 4.79 Å². The summed E-state index contributed by atoms with van der Waals surface area (Å²) in [5.41, 5.74) is 0. The quantitative estimate of drug-likeness (QED) is 0.625. The molecule has 6 atom stereocenters. The van der Waals surface area contributed by atoms with E-state index in [0.29, 0.717) is 24.8 Å². The minimum atomic E-state index is -0.741. The van der Waals surface area contributed by atoms with Crippen LogP contribution in [0, 0.1) is 11.8 Å². The fourth-order valence-electron chi connectivity index (χ4n) is 4.60. The SMILES string of the molecule is CCOC(=O)NC(=O)C1CCSC1NC(=O)C1CC(OC)C2CCCCC2N1. The van der Waals surface area contributed by atoms with Crippen molar-refractivity contribution >= 4 is 29.7 Å². The monoisotopic (exact) mass is 413 g/mol. The Hall–Kier alpha value is -1.32. The van der Waals surface area contributed by atoms with E-state index in [1.54, 1.807) is 14.0 Å². The molecular weight excluding hydrogens is 382 g/mol. The largest absolute Gasteiger partial charge is 0.450 e. The van der Waals surface area contributed by atoms with Crippen LogP contribution in [-0.4, -0.2) is 60.9 Å². The molecule has 1 saturated carbocycles. The average Bonchev–Trinajstić information content (AvgIpc) is 3.15. The minimum Gasteiger partial charge on any atom is -0.450 e. The Morgan fingerprint density at radius 2 is 1.93 bits per heavy atom. The number of rotatable bonds is 5. The third kappa shape index (κ3) is 4.99. The van der Waals surface area contributed by atoms with Gasteiger partial charge in [-0.05, 0) is 38.4 Å². The summed E-state index contributed by atoms with van der Waals surface area (Å²) in [5.74, 6) is 0.288. The molecule has 0 spiro atoms. The van der Waals surface area contributed by atoms with Crippen LogP contribution < -0.4 is 16.0 Å². The first-order chi connectivity index (χ1) is 13.5. The number of hydrogen-bond acceptors (Lipinski definition) is 7. The van der Waals surface area contributed by atoms with Crippen molar-refractivity contribution < 1.29 is 23.9 Å². The van der Waals surface area contributed by atoms with Gasteiger partial charge >= 0.3 is 6.09 Å². The van der Waals surface area contributed by atoms with Crippen molar-refractivity contribution in [2.24, 2.45) is 11.8 Å². The molecule has 8 nitrogen and oxygen atoms in total. The van der Waals surface area contributed by atoms with Gasteiger partial charge < -0.3 is 20.1 Å². The number of alkyl carbamates (subject to hydrolysis) is 1. The Kier molecular flexibility index (Phi) is 7.59. The molecule has 3 aliphatic rings. The lowest BCUT2D eigenvalue weighted by Gasteiger charge is -2.44. The second kappa shape index (κ2) is 9.93. The lowest BCUT2D eigenvalue weighted by Crippen LogP contribution is -2.61. The van der Waals surface area contributed by atoms with Crippen LogP contribution >= 0.6 is 11.8 Å². The molecule has 1 aliphatic carbocycles. The Balaban J connectivity index is 1.57. The first-order valence-corrected chi connectivity index (χ1v) is 11.3. The van der Waals surface area contributed by atoms with Crippen molar-refractivity contribution in [1.82, 2.24) is 16.0 Å². The third-order valence-electron chi connectivity index (χ3n) is 6.01. The first-order valence-electron chi connectivity index (χ1n) is 10.2. The summed E-state index contributed by atoms with van der Waals surface area (Å²) < 4.78 is 10.5. The second-order valence-electron chi connectivity index (χ2n) is 7.69. The van der Waals surface area contributed by atoms with Gasteiger partial charge in [-0.2, -0.15) is 0 Å². The van der Waals surface area contributed by atoms with E-state index in [1.165, 1.54) is 24.6 Å². The van der Waals surface area contributed by atoms with Gasteiger partial charge in [0.15, 0.2) is 0 Å². The zero-order valence-electron chi connectivity index (χ0n) is 16.6. The van der Waals surface area contributed by atoms with E-state index >= 15 is 0 Å². The number of carbonyl (C=O) groups excluding carboxylic acids is 3. The van der Waals surface area contributed by atoms with Gasteiger partial charge in [0.2, 0.25) is 11.8 Å². The van der Waals surface area contributed by atoms with Gasteiger partial charge in [0.25, 0.3) is 0 Å². The van der Waals surface area contributed by atoms with E-state index in [-0.39, 0.29) is 30.0 Å². The molecule has 158 valence electrons. The van der Waals surface area contributed by atoms with Crippen molar-refractivity contribution in [2.45, 2.75) is 69.0 Å². The molecule has 0 aromatic heterocycles. The summed E-state index contributed by atoms with van der Waals surface area (Å²) in [4.78, 5) is 36.8. The van der Waals surface area contributed by atoms with Crippen LogP contribution in [0.25, 0.3) is 0 Å². The van der Waals surface area contributed by atoms with E-state index in [2.05, 4.69) is 16.0 Å². The lowest BCUT2D eigenvalue weighted by molar-refractivity contribution is -0.128. The van der Waals surface area contributed by atoms with Gasteiger partial charge in [-0.1, -0.05) is 12.8 Å². The highest BCUT2D eigenvalue weighted by atomic mass is 32.2. The molecule has 3 rings (SSSR count). The summed E-state index contributed by atoms with van der Waals surface area (Å²) in [6.45, 7) is 1.88. The number of amides is 3. The Bertz CT molecular complexity index is 582. The molecule has 2 heterocycles. The van der Waals surface area contributed by atoms with Crippen LogP contribution in [0.2, 0.25) is 0 Å². The Labute approximate surface area is 170 Å². The molecule has 6 unspecified atom stereocenters. The number of thioether (sulfide) groups is 1. The number of fused-ring (bicyclic) bond motifs is 1. The van der Waals surface area contributed by atoms with Crippen molar-refractivity contribution in [2.75, 3.05) is 19.5 Å². The van der Waals surface area contributed by atoms with E-state index in [1.807, 2.05) is 0 Å². The van der Waals surface area contributed by atoms with Gasteiger partial charge in [-0.15, -0.1) is 11.8 Å². The average molecular weight is 414 g/mol. The smallest absolute Gasteiger partial charge is 0.413 e. The number of imide groups is 1. The van der Waals surface area contributed by atoms with E-state index in [0.717, 1.165) is 18.6 Å². The molecule has 3 fully saturated rings. The molecule has 3 N–H and O–H groups in total. The van der Waals surface area contributed by atoms with Gasteiger partial charge in [-0.25, -0.2) is 4.79 Å². The molecule has 3 amide bonds. The van der Waals surface area contributed by atoms with Crippen molar-refractivity contribution in [1.29, 1.82) is 0 Å². The highest BCUT2D eigenvalue weighted by Gasteiger charge is 2.43. The normalized spacial score (nSPS) is 34.9. The maximum Gasteiger partial charge on any atom is 0.413 e. The topological polar surface area (TPSA) is 106 Å². The standard InChI is InChI=1S/C19H31N3O5S/c1-3-27-19(25)22-16(23)12-8-9-28-18(12)21-17(24)14-10-15(26-2)11-6-4-5-7-13(11)20-14/h11-15,18,20H,3-10H2,1-2H3,(H,21,24)(H,22,23,25). The zero-order valence-corrected chi connectivity index (χ0v) is 17.4. The van der Waals surface area contributed by atoms with Crippen LogP contribution in [-0.2, 0) is 19.1 Å². The maximum atomic E-state index is 12.9. The Morgan fingerprint density at radius 3 is 2.68 bits per heavy atom. The van der Waals surface area contributed by atoms with Crippen LogP contribution in [0.15, 0.2) is 0 Å². The molecule has 2 saturated heterocycles. The van der Waals surface area contributed by atoms with Gasteiger partial charge in [-0.3, -0.25) is 14.9 Å². The summed E-state index contributed by atoms with van der Waals surface area (Å²) in [7, 11) is 1.72. The highest BCUT2D eigenvalue weighted by molar-refractivity contribution is 8.00. The predicted octanol–water partition coefficient (Wildman–Crippen LogP) is 1.39. The highest BCUT2D eigenvalue weighted by Crippen LogP contribution is 2.35. The molecule has 28 heavy (non-hydrogen) atoms. The zero-order chi connectivity index (χ0) is 20.1. The summed E-state index contributed by atoms with van der Waals surface area (Å²) in [6.07, 6.45) is 5.19.